The lowest BCUT2D eigenvalue weighted by atomic mass is 10.0. The summed E-state index contributed by atoms with van der Waals surface area (Å²) in [7, 11) is 0. The third-order valence-electron chi connectivity index (χ3n) is 6.93. The summed E-state index contributed by atoms with van der Waals surface area (Å²) in [6.07, 6.45) is 4.18. The van der Waals surface area contributed by atoms with E-state index in [1.165, 1.54) is 11.8 Å². The maximum atomic E-state index is 13.3. The van der Waals surface area contributed by atoms with Crippen LogP contribution in [0.4, 0.5) is 0 Å². The van der Waals surface area contributed by atoms with Gasteiger partial charge in [-0.05, 0) is 64.0 Å². The Hall–Kier alpha value is -3.80. The molecule has 1 aliphatic rings. The monoisotopic (exact) mass is 555 g/mol. The summed E-state index contributed by atoms with van der Waals surface area (Å²) in [6, 6.07) is 7.00. The molecule has 218 valence electrons. The minimum Gasteiger partial charge on any atom is -0.423 e. The molecule has 1 aromatic carbocycles. The van der Waals surface area contributed by atoms with Gasteiger partial charge in [0.05, 0.1) is 0 Å². The highest BCUT2D eigenvalue weighted by Crippen LogP contribution is 2.21. The van der Waals surface area contributed by atoms with Crippen LogP contribution in [0.3, 0.4) is 0 Å². The number of carbonyl (C=O) groups is 4. The van der Waals surface area contributed by atoms with Crippen molar-refractivity contribution in [1.82, 2.24) is 31.0 Å². The SMILES string of the molecule is CC(=O)N[C@@H](CCCCN)C(=O)N1CCC[C@H]1C(=O)N[C@@H](C)C(=O)N[C@@H](CCc1ccccc1)c1nnc(C)o1. The molecule has 12 heteroatoms. The summed E-state index contributed by atoms with van der Waals surface area (Å²) >= 11 is 0. The highest BCUT2D eigenvalue weighted by Gasteiger charge is 2.38. The number of amides is 4. The lowest BCUT2D eigenvalue weighted by Crippen LogP contribution is -2.55. The molecule has 5 N–H and O–H groups in total. The molecule has 1 aromatic heterocycles. The van der Waals surface area contributed by atoms with Crippen LogP contribution in [0.25, 0.3) is 0 Å². The molecule has 0 spiro atoms. The molecule has 40 heavy (non-hydrogen) atoms. The van der Waals surface area contributed by atoms with Crippen LogP contribution in [0.5, 0.6) is 0 Å². The molecule has 3 rings (SSSR count). The number of nitrogens with two attached hydrogens (primary N) is 1. The first-order chi connectivity index (χ1) is 19.2. The van der Waals surface area contributed by atoms with Gasteiger partial charge in [-0.25, -0.2) is 0 Å². The van der Waals surface area contributed by atoms with Crippen molar-refractivity contribution in [2.75, 3.05) is 13.1 Å². The number of rotatable bonds is 14. The summed E-state index contributed by atoms with van der Waals surface area (Å²) in [6.45, 7) is 5.53. The van der Waals surface area contributed by atoms with E-state index in [2.05, 4.69) is 26.1 Å². The molecule has 1 fully saturated rings. The Morgan fingerprint density at radius 2 is 1.82 bits per heavy atom. The molecule has 1 saturated heterocycles. The van der Waals surface area contributed by atoms with Crippen LogP contribution >= 0.6 is 0 Å². The maximum Gasteiger partial charge on any atom is 0.245 e. The minimum atomic E-state index is -0.871. The summed E-state index contributed by atoms with van der Waals surface area (Å²) < 4.78 is 5.60. The molecule has 2 aromatic rings. The number of hydrogen-bond acceptors (Lipinski definition) is 8. The van der Waals surface area contributed by atoms with Gasteiger partial charge in [-0.1, -0.05) is 30.3 Å². The van der Waals surface area contributed by atoms with Crippen LogP contribution in [0.1, 0.15) is 75.8 Å². The topological polar surface area (TPSA) is 173 Å². The van der Waals surface area contributed by atoms with Crippen LogP contribution in [0.2, 0.25) is 0 Å². The molecule has 0 aliphatic carbocycles. The van der Waals surface area contributed by atoms with Gasteiger partial charge in [0.2, 0.25) is 35.4 Å². The van der Waals surface area contributed by atoms with Crippen LogP contribution in [0.15, 0.2) is 34.7 Å². The Morgan fingerprint density at radius 1 is 1.07 bits per heavy atom. The van der Waals surface area contributed by atoms with Crippen molar-refractivity contribution < 1.29 is 23.6 Å². The Balaban J connectivity index is 1.62. The highest BCUT2D eigenvalue weighted by atomic mass is 16.4. The van der Waals surface area contributed by atoms with Gasteiger partial charge in [-0.3, -0.25) is 19.2 Å². The average Bonchev–Trinajstić information content (AvgIpc) is 3.60. The Labute approximate surface area is 234 Å². The fraction of sp³-hybridized carbons (Fsp3) is 0.571. The quantitative estimate of drug-likeness (QED) is 0.253. The number of likely N-dealkylation sites (tertiary alicyclic amines) is 1. The molecule has 4 atom stereocenters. The molecule has 0 bridgehead atoms. The van der Waals surface area contributed by atoms with Gasteiger partial charge in [0.1, 0.15) is 24.2 Å². The average molecular weight is 556 g/mol. The van der Waals surface area contributed by atoms with Gasteiger partial charge in [-0.15, -0.1) is 10.2 Å². The first-order valence-electron chi connectivity index (χ1n) is 13.9. The van der Waals surface area contributed by atoms with E-state index in [-0.39, 0.29) is 11.8 Å². The van der Waals surface area contributed by atoms with Gasteiger partial charge < -0.3 is 31.0 Å². The third-order valence-corrected chi connectivity index (χ3v) is 6.93. The zero-order valence-corrected chi connectivity index (χ0v) is 23.5. The Bertz CT molecular complexity index is 1140. The largest absolute Gasteiger partial charge is 0.423 e. The number of aryl methyl sites for hydroxylation is 2. The number of nitrogens with one attached hydrogen (secondary N) is 3. The molecular weight excluding hydrogens is 514 g/mol. The van der Waals surface area contributed by atoms with Crippen molar-refractivity contribution in [3.8, 4) is 0 Å². The normalized spacial score (nSPS) is 17.1. The fourth-order valence-corrected chi connectivity index (χ4v) is 4.84. The van der Waals surface area contributed by atoms with E-state index in [9.17, 15) is 19.2 Å². The summed E-state index contributed by atoms with van der Waals surface area (Å²) in [4.78, 5) is 52.9. The Kier molecular flexibility index (Phi) is 11.6. The van der Waals surface area contributed by atoms with Gasteiger partial charge in [0.15, 0.2) is 0 Å². The predicted octanol–water partition coefficient (Wildman–Crippen LogP) is 1.30. The van der Waals surface area contributed by atoms with Crippen molar-refractivity contribution in [3.05, 3.63) is 47.7 Å². The molecule has 0 unspecified atom stereocenters. The van der Waals surface area contributed by atoms with E-state index in [0.717, 1.165) is 12.0 Å². The van der Waals surface area contributed by atoms with Gasteiger partial charge in [0, 0.05) is 20.4 Å². The number of benzene rings is 1. The smallest absolute Gasteiger partial charge is 0.245 e. The second kappa shape index (κ2) is 15.1. The first kappa shape index (κ1) is 30.7. The van der Waals surface area contributed by atoms with Crippen molar-refractivity contribution >= 4 is 23.6 Å². The number of unbranched alkanes of at least 4 members (excludes halogenated alkanes) is 1. The van der Waals surface area contributed by atoms with Crippen molar-refractivity contribution in [2.24, 2.45) is 5.73 Å². The molecular formula is C28H41N7O5. The van der Waals surface area contributed by atoms with Crippen molar-refractivity contribution in [2.45, 2.75) is 89.9 Å². The van der Waals surface area contributed by atoms with Gasteiger partial charge in [0.25, 0.3) is 0 Å². The number of nitrogens with zero attached hydrogens (tertiary/aromatic N) is 3. The minimum absolute atomic E-state index is 0.297. The fourth-order valence-electron chi connectivity index (χ4n) is 4.84. The van der Waals surface area contributed by atoms with Crippen molar-refractivity contribution in [3.63, 3.8) is 0 Å². The van der Waals surface area contributed by atoms with E-state index in [1.54, 1.807) is 13.8 Å². The number of carbonyl (C=O) groups excluding carboxylic acids is 4. The zero-order chi connectivity index (χ0) is 29.1. The third kappa shape index (κ3) is 8.87. The summed E-state index contributed by atoms with van der Waals surface area (Å²) in [5, 5.41) is 16.4. The molecule has 12 nitrogen and oxygen atoms in total. The molecule has 1 aliphatic heterocycles. The number of hydrogen-bond donors (Lipinski definition) is 4. The highest BCUT2D eigenvalue weighted by molar-refractivity contribution is 5.94. The second-order valence-electron chi connectivity index (χ2n) is 10.2. The van der Waals surface area contributed by atoms with E-state index >= 15 is 0 Å². The molecule has 4 amide bonds. The zero-order valence-electron chi connectivity index (χ0n) is 23.5. The maximum absolute atomic E-state index is 13.3. The van der Waals surface area contributed by atoms with Gasteiger partial charge in [-0.2, -0.15) is 0 Å². The van der Waals surface area contributed by atoms with Crippen LogP contribution < -0.4 is 21.7 Å². The first-order valence-corrected chi connectivity index (χ1v) is 13.9. The van der Waals surface area contributed by atoms with E-state index in [0.29, 0.717) is 63.4 Å². The van der Waals surface area contributed by atoms with E-state index in [1.807, 2.05) is 30.3 Å². The molecule has 2 heterocycles. The molecule has 0 saturated carbocycles. The second-order valence-corrected chi connectivity index (χ2v) is 10.2. The van der Waals surface area contributed by atoms with Crippen molar-refractivity contribution in [1.29, 1.82) is 0 Å². The Morgan fingerprint density at radius 3 is 2.48 bits per heavy atom. The van der Waals surface area contributed by atoms with E-state index in [4.69, 9.17) is 10.2 Å². The van der Waals surface area contributed by atoms with Crippen LogP contribution in [0, 0.1) is 6.92 Å². The summed E-state index contributed by atoms with van der Waals surface area (Å²) in [5.74, 6) is -0.736. The lowest BCUT2D eigenvalue weighted by Gasteiger charge is -2.29. The van der Waals surface area contributed by atoms with Gasteiger partial charge >= 0.3 is 0 Å². The van der Waals surface area contributed by atoms with Crippen LogP contribution in [-0.2, 0) is 25.6 Å². The standard InChI is InChI=1S/C28H41N7O5/c1-18(25(37)32-22(27-34-33-20(3)40-27)15-14-21-10-5-4-6-11-21)30-26(38)24-13-9-17-35(24)28(39)23(31-19(2)36)12-7-8-16-29/h4-6,10-11,18,22-24H,7-9,12-17,29H2,1-3H3,(H,30,38)(H,31,36)(H,32,37)/t18-,22-,23-,24-/m0/s1. The predicted molar refractivity (Wildman–Crippen MR) is 148 cm³/mol. The molecule has 0 radical (unpaired) electrons. The van der Waals surface area contributed by atoms with E-state index < -0.39 is 36.0 Å². The summed E-state index contributed by atoms with van der Waals surface area (Å²) in [5.41, 5.74) is 6.68. The lowest BCUT2D eigenvalue weighted by molar-refractivity contribution is -0.142. The van der Waals surface area contributed by atoms with Crippen LogP contribution in [-0.4, -0.2) is 69.9 Å². The number of aromatic nitrogens is 2.